The molecule has 112 valence electrons. The quantitative estimate of drug-likeness (QED) is 0.891. The molecule has 1 aromatic rings. The zero-order valence-electron chi connectivity index (χ0n) is 11.8. The molecule has 0 spiro atoms. The Morgan fingerprint density at radius 2 is 2.14 bits per heavy atom. The maximum Gasteiger partial charge on any atom is 0.320 e. The number of nitrogens with zero attached hydrogens (tertiary/aromatic N) is 2. The second-order valence-electron chi connectivity index (χ2n) is 5.49. The number of thioether (sulfide) groups is 1. The van der Waals surface area contributed by atoms with Gasteiger partial charge in [-0.1, -0.05) is 12.1 Å². The van der Waals surface area contributed by atoms with Gasteiger partial charge < -0.3 is 10.2 Å². The molecule has 3 rings (SSSR count). The molecular weight excluding hydrogens is 288 g/mol. The predicted octanol–water partition coefficient (Wildman–Crippen LogP) is 1.80. The Kier molecular flexibility index (Phi) is 3.91. The van der Waals surface area contributed by atoms with Gasteiger partial charge in [-0.2, -0.15) is 0 Å². The number of hydrogen-bond donors (Lipinski definition) is 2. The number of rotatable bonds is 3. The molecule has 21 heavy (non-hydrogen) atoms. The largest absolute Gasteiger partial charge is 0.507 e. The minimum atomic E-state index is -0.754. The fourth-order valence-electron chi connectivity index (χ4n) is 3.12. The van der Waals surface area contributed by atoms with E-state index in [1.165, 1.54) is 0 Å². The summed E-state index contributed by atoms with van der Waals surface area (Å²) in [6.45, 7) is 0. The van der Waals surface area contributed by atoms with Gasteiger partial charge in [0, 0.05) is 17.4 Å². The summed E-state index contributed by atoms with van der Waals surface area (Å²) in [6.07, 6.45) is 1.54. The van der Waals surface area contributed by atoms with Crippen molar-refractivity contribution in [2.24, 2.45) is 4.99 Å². The maximum atomic E-state index is 11.2. The van der Waals surface area contributed by atoms with E-state index in [1.807, 2.05) is 24.1 Å². The van der Waals surface area contributed by atoms with Gasteiger partial charge in [0.1, 0.15) is 16.8 Å². The van der Waals surface area contributed by atoms with Gasteiger partial charge in [-0.05, 0) is 32.0 Å². The second-order valence-corrected chi connectivity index (χ2v) is 6.50. The lowest BCUT2D eigenvalue weighted by molar-refractivity contribution is -0.142. The van der Waals surface area contributed by atoms with E-state index < -0.39 is 12.0 Å². The second kappa shape index (κ2) is 5.69. The van der Waals surface area contributed by atoms with Crippen molar-refractivity contribution in [3.63, 3.8) is 0 Å². The number of carboxylic acid groups (broad SMARTS) is 1. The molecule has 0 aliphatic carbocycles. The summed E-state index contributed by atoms with van der Waals surface area (Å²) >= 11 is 1.63. The van der Waals surface area contributed by atoms with Gasteiger partial charge in [0.2, 0.25) is 0 Å². The fourth-order valence-corrected chi connectivity index (χ4v) is 4.28. The summed E-state index contributed by atoms with van der Waals surface area (Å²) in [4.78, 5) is 17.9. The summed E-state index contributed by atoms with van der Waals surface area (Å²) < 4.78 is 0. The molecule has 0 radical (unpaired) electrons. The van der Waals surface area contributed by atoms with E-state index >= 15 is 0 Å². The monoisotopic (exact) mass is 306 g/mol. The average Bonchev–Trinajstić information content (AvgIpc) is 3.05. The van der Waals surface area contributed by atoms with Gasteiger partial charge in [0.15, 0.2) is 0 Å². The summed E-state index contributed by atoms with van der Waals surface area (Å²) in [7, 11) is 1.87. The third-order valence-electron chi connectivity index (χ3n) is 4.29. The van der Waals surface area contributed by atoms with Gasteiger partial charge in [-0.15, -0.1) is 11.8 Å². The van der Waals surface area contributed by atoms with Gasteiger partial charge >= 0.3 is 5.97 Å². The van der Waals surface area contributed by atoms with Crippen LogP contribution < -0.4 is 0 Å². The van der Waals surface area contributed by atoms with Crippen LogP contribution in [-0.2, 0) is 4.79 Å². The number of hydrogen-bond acceptors (Lipinski definition) is 5. The highest BCUT2D eigenvalue weighted by atomic mass is 32.2. The molecule has 6 heteroatoms. The van der Waals surface area contributed by atoms with Crippen molar-refractivity contribution < 1.29 is 15.0 Å². The van der Waals surface area contributed by atoms with Crippen molar-refractivity contribution in [3.05, 3.63) is 29.8 Å². The molecule has 5 nitrogen and oxygen atoms in total. The van der Waals surface area contributed by atoms with E-state index in [2.05, 4.69) is 0 Å². The highest BCUT2D eigenvalue weighted by molar-refractivity contribution is 8.14. The molecule has 0 saturated carbocycles. The molecule has 1 aromatic carbocycles. The van der Waals surface area contributed by atoms with Crippen molar-refractivity contribution in [1.29, 1.82) is 0 Å². The highest BCUT2D eigenvalue weighted by Crippen LogP contribution is 2.34. The first kappa shape index (κ1) is 14.4. The third-order valence-corrected chi connectivity index (χ3v) is 5.40. The molecule has 0 bridgehead atoms. The van der Waals surface area contributed by atoms with Crippen LogP contribution in [0.5, 0.6) is 5.75 Å². The first-order chi connectivity index (χ1) is 10.1. The van der Waals surface area contributed by atoms with E-state index in [1.54, 1.807) is 23.9 Å². The van der Waals surface area contributed by atoms with Crippen molar-refractivity contribution in [1.82, 2.24) is 4.90 Å². The minimum Gasteiger partial charge on any atom is -0.507 e. The lowest BCUT2D eigenvalue weighted by atomic mass is 10.1. The number of aromatic hydroxyl groups is 1. The zero-order chi connectivity index (χ0) is 15.0. The normalized spacial score (nSPS) is 29.6. The molecule has 3 atom stereocenters. The molecule has 1 fully saturated rings. The molecule has 0 aromatic heterocycles. The van der Waals surface area contributed by atoms with E-state index in [4.69, 9.17) is 4.99 Å². The highest BCUT2D eigenvalue weighted by Gasteiger charge is 2.40. The molecule has 2 aliphatic heterocycles. The Bertz CT molecular complexity index is 590. The lowest BCUT2D eigenvalue weighted by Gasteiger charge is -2.26. The van der Waals surface area contributed by atoms with Crippen molar-refractivity contribution >= 4 is 22.8 Å². The first-order valence-corrected chi connectivity index (χ1v) is 8.00. The number of carboxylic acids is 1. The number of phenols is 1. The van der Waals surface area contributed by atoms with Gasteiger partial charge in [-0.3, -0.25) is 14.7 Å². The Morgan fingerprint density at radius 1 is 1.38 bits per heavy atom. The van der Waals surface area contributed by atoms with Gasteiger partial charge in [-0.25, -0.2) is 0 Å². The van der Waals surface area contributed by atoms with Crippen molar-refractivity contribution in [2.45, 2.75) is 31.0 Å². The number of likely N-dealkylation sites (tertiary alicyclic amines) is 1. The summed E-state index contributed by atoms with van der Waals surface area (Å²) in [5.74, 6) is 0.327. The molecule has 2 heterocycles. The minimum absolute atomic E-state index is 0.0963. The van der Waals surface area contributed by atoms with Crippen LogP contribution in [0.25, 0.3) is 0 Å². The lowest BCUT2D eigenvalue weighted by Crippen LogP contribution is -2.42. The Balaban J connectivity index is 1.78. The van der Waals surface area contributed by atoms with E-state index in [0.717, 1.165) is 22.8 Å². The topological polar surface area (TPSA) is 73.1 Å². The summed E-state index contributed by atoms with van der Waals surface area (Å²) in [5, 5.41) is 20.0. The SMILES string of the molecule is CN1[C@H](C(=O)O)CC[C@H]1[C@H]1CSC(c2ccccc2O)=N1. The summed E-state index contributed by atoms with van der Waals surface area (Å²) in [5.41, 5.74) is 0.764. The zero-order valence-corrected chi connectivity index (χ0v) is 12.6. The van der Waals surface area contributed by atoms with Crippen LogP contribution in [0.2, 0.25) is 0 Å². The number of carbonyl (C=O) groups is 1. The van der Waals surface area contributed by atoms with E-state index in [0.29, 0.717) is 6.42 Å². The molecule has 1 saturated heterocycles. The molecule has 2 N–H and O–H groups in total. The maximum absolute atomic E-state index is 11.2. The predicted molar refractivity (Wildman–Crippen MR) is 83.1 cm³/mol. The van der Waals surface area contributed by atoms with Crippen LogP contribution in [0, 0.1) is 0 Å². The van der Waals surface area contributed by atoms with Gasteiger partial charge in [0.05, 0.1) is 6.04 Å². The average molecular weight is 306 g/mol. The molecule has 2 aliphatic rings. The van der Waals surface area contributed by atoms with Crippen LogP contribution in [-0.4, -0.2) is 57.1 Å². The van der Waals surface area contributed by atoms with E-state index in [-0.39, 0.29) is 17.8 Å². The molecule has 0 unspecified atom stereocenters. The van der Waals surface area contributed by atoms with E-state index in [9.17, 15) is 15.0 Å². The molecular formula is C15H18N2O3S. The number of aliphatic imine (C=N–C) groups is 1. The summed E-state index contributed by atoms with van der Waals surface area (Å²) in [6, 6.07) is 7.06. The van der Waals surface area contributed by atoms with Crippen LogP contribution >= 0.6 is 11.8 Å². The number of para-hydroxylation sites is 1. The van der Waals surface area contributed by atoms with Gasteiger partial charge in [0.25, 0.3) is 0 Å². The molecule has 0 amide bonds. The van der Waals surface area contributed by atoms with Crippen molar-refractivity contribution in [2.75, 3.05) is 12.8 Å². The first-order valence-electron chi connectivity index (χ1n) is 7.01. The Morgan fingerprint density at radius 3 is 2.81 bits per heavy atom. The standard InChI is InChI=1S/C15H18N2O3S/c1-17-11(6-7-12(17)15(19)20)10-8-21-14(16-10)9-4-2-3-5-13(9)18/h2-5,10-12,18H,6-8H2,1H3,(H,19,20)/t10-,11+,12+/m1/s1. The van der Waals surface area contributed by atoms with Crippen LogP contribution in [0.4, 0.5) is 0 Å². The van der Waals surface area contributed by atoms with Crippen LogP contribution in [0.15, 0.2) is 29.3 Å². The van der Waals surface area contributed by atoms with Crippen molar-refractivity contribution in [3.8, 4) is 5.75 Å². The number of phenolic OH excluding ortho intramolecular Hbond substituents is 1. The number of benzene rings is 1. The smallest absolute Gasteiger partial charge is 0.320 e. The van der Waals surface area contributed by atoms with Crippen LogP contribution in [0.3, 0.4) is 0 Å². The number of likely N-dealkylation sites (N-methyl/N-ethyl adjacent to an activating group) is 1. The van der Waals surface area contributed by atoms with Crippen LogP contribution in [0.1, 0.15) is 18.4 Å². The third kappa shape index (κ3) is 2.65. The fraction of sp³-hybridized carbons (Fsp3) is 0.467. The Hall–Kier alpha value is -1.53. The number of aliphatic carboxylic acids is 1. The Labute approximate surface area is 127 Å².